The molecule has 1 aliphatic carbocycles. The second-order valence-corrected chi connectivity index (χ2v) is 6.82. The van der Waals surface area contributed by atoms with Crippen LogP contribution in [0.4, 0.5) is 5.95 Å². The molecule has 4 nitrogen and oxygen atoms in total. The van der Waals surface area contributed by atoms with Gasteiger partial charge in [0, 0.05) is 25.7 Å². The van der Waals surface area contributed by atoms with Crippen molar-refractivity contribution in [2.24, 2.45) is 17.8 Å². The quantitative estimate of drug-likeness (QED) is 0.789. The Morgan fingerprint density at radius 2 is 1.80 bits per heavy atom. The zero-order chi connectivity index (χ0) is 14.3. The molecule has 0 amide bonds. The van der Waals surface area contributed by atoms with E-state index in [0.29, 0.717) is 24.2 Å². The predicted molar refractivity (Wildman–Crippen MR) is 79.0 cm³/mol. The maximum atomic E-state index is 12.0. The van der Waals surface area contributed by atoms with E-state index in [1.807, 2.05) is 0 Å². The van der Waals surface area contributed by atoms with Crippen molar-refractivity contribution < 1.29 is 4.79 Å². The third-order valence-electron chi connectivity index (χ3n) is 4.38. The summed E-state index contributed by atoms with van der Waals surface area (Å²) in [7, 11) is 0. The number of hydrogen-bond donors (Lipinski definition) is 0. The molecule has 0 N–H and O–H groups in total. The van der Waals surface area contributed by atoms with Crippen LogP contribution in [-0.4, -0.2) is 28.8 Å². The molecule has 20 heavy (non-hydrogen) atoms. The second-order valence-electron chi connectivity index (χ2n) is 6.82. The first-order valence-electron chi connectivity index (χ1n) is 7.67. The van der Waals surface area contributed by atoms with Gasteiger partial charge in [0.1, 0.15) is 0 Å². The first-order chi connectivity index (χ1) is 9.52. The number of fused-ring (bicyclic) bond motifs is 1. The van der Waals surface area contributed by atoms with E-state index in [9.17, 15) is 4.79 Å². The van der Waals surface area contributed by atoms with Crippen LogP contribution >= 0.6 is 0 Å². The van der Waals surface area contributed by atoms with Crippen LogP contribution in [0.2, 0.25) is 0 Å². The molecule has 2 heterocycles. The number of aromatic nitrogens is 2. The highest BCUT2D eigenvalue weighted by molar-refractivity contribution is 5.98. The number of piperidine rings is 1. The van der Waals surface area contributed by atoms with Crippen molar-refractivity contribution in [1.82, 2.24) is 9.97 Å². The minimum absolute atomic E-state index is 0.200. The summed E-state index contributed by atoms with van der Waals surface area (Å²) in [6.45, 7) is 8.73. The fraction of sp³-hybridized carbons (Fsp3) is 0.688. The van der Waals surface area contributed by atoms with Crippen molar-refractivity contribution in [3.63, 3.8) is 0 Å². The molecule has 1 fully saturated rings. The Labute approximate surface area is 120 Å². The lowest BCUT2D eigenvalue weighted by Gasteiger charge is -2.35. The fourth-order valence-electron chi connectivity index (χ4n) is 3.60. The maximum Gasteiger partial charge on any atom is 0.225 e. The Hall–Kier alpha value is -1.45. The van der Waals surface area contributed by atoms with Crippen molar-refractivity contribution in [3.8, 4) is 0 Å². The molecule has 4 heteroatoms. The van der Waals surface area contributed by atoms with Gasteiger partial charge in [0.05, 0.1) is 11.3 Å². The van der Waals surface area contributed by atoms with Gasteiger partial charge in [0.2, 0.25) is 5.95 Å². The molecule has 2 aliphatic rings. The van der Waals surface area contributed by atoms with Gasteiger partial charge < -0.3 is 4.90 Å². The van der Waals surface area contributed by atoms with E-state index < -0.39 is 0 Å². The molecule has 1 saturated heterocycles. The van der Waals surface area contributed by atoms with Gasteiger partial charge in [-0.1, -0.05) is 20.8 Å². The first-order valence-corrected chi connectivity index (χ1v) is 7.67. The first kappa shape index (κ1) is 13.5. The van der Waals surface area contributed by atoms with Gasteiger partial charge in [-0.3, -0.25) is 4.79 Å². The van der Waals surface area contributed by atoms with Crippen molar-refractivity contribution in [1.29, 1.82) is 0 Å². The number of hydrogen-bond acceptors (Lipinski definition) is 4. The van der Waals surface area contributed by atoms with E-state index in [1.165, 1.54) is 6.42 Å². The minimum atomic E-state index is 0.200. The Morgan fingerprint density at radius 3 is 2.50 bits per heavy atom. The second kappa shape index (κ2) is 5.15. The molecule has 0 bridgehead atoms. The monoisotopic (exact) mass is 273 g/mol. The molecule has 1 aromatic rings. The summed E-state index contributed by atoms with van der Waals surface area (Å²) < 4.78 is 0. The van der Waals surface area contributed by atoms with Gasteiger partial charge in [0.25, 0.3) is 0 Å². The molecule has 1 aliphatic heterocycles. The van der Waals surface area contributed by atoms with Gasteiger partial charge >= 0.3 is 0 Å². The van der Waals surface area contributed by atoms with Gasteiger partial charge in [-0.2, -0.15) is 0 Å². The summed E-state index contributed by atoms with van der Waals surface area (Å²) in [4.78, 5) is 23.4. The molecule has 0 radical (unpaired) electrons. The molecule has 3 atom stereocenters. The molecule has 0 aromatic carbocycles. The van der Waals surface area contributed by atoms with Crippen LogP contribution in [-0.2, 0) is 6.42 Å². The zero-order valence-electron chi connectivity index (χ0n) is 12.6. The van der Waals surface area contributed by atoms with Gasteiger partial charge in [-0.05, 0) is 30.6 Å². The summed E-state index contributed by atoms with van der Waals surface area (Å²) in [5, 5.41) is 0. The van der Waals surface area contributed by atoms with E-state index in [0.717, 1.165) is 36.7 Å². The van der Waals surface area contributed by atoms with Crippen LogP contribution in [0.5, 0.6) is 0 Å². The van der Waals surface area contributed by atoms with E-state index >= 15 is 0 Å². The van der Waals surface area contributed by atoms with Crippen LogP contribution in [0.25, 0.3) is 0 Å². The minimum Gasteiger partial charge on any atom is -0.340 e. The van der Waals surface area contributed by atoms with Crippen LogP contribution in [0.3, 0.4) is 0 Å². The zero-order valence-corrected chi connectivity index (χ0v) is 12.6. The summed E-state index contributed by atoms with van der Waals surface area (Å²) in [6, 6.07) is 0. The largest absolute Gasteiger partial charge is 0.340 e. The molecule has 0 spiro atoms. The van der Waals surface area contributed by atoms with Crippen molar-refractivity contribution in [3.05, 3.63) is 17.5 Å². The third-order valence-corrected chi connectivity index (χ3v) is 4.38. The third kappa shape index (κ3) is 2.56. The number of Topliss-reactive ketones (excluding diaryl/α,β-unsaturated/α-hetero) is 1. The lowest BCUT2D eigenvalue weighted by atomic mass is 9.88. The predicted octanol–water partition coefficient (Wildman–Crippen LogP) is 2.72. The number of carbonyl (C=O) groups is 1. The van der Waals surface area contributed by atoms with Crippen LogP contribution in [0.1, 0.15) is 49.7 Å². The van der Waals surface area contributed by atoms with E-state index in [2.05, 4.69) is 30.7 Å². The van der Waals surface area contributed by atoms with Crippen molar-refractivity contribution in [2.75, 3.05) is 18.0 Å². The number of nitrogens with zero attached hydrogens (tertiary/aromatic N) is 3. The molecule has 0 saturated carbocycles. The summed E-state index contributed by atoms with van der Waals surface area (Å²) >= 11 is 0. The molecular formula is C16H23N3O. The van der Waals surface area contributed by atoms with Crippen molar-refractivity contribution in [2.45, 2.75) is 40.0 Å². The summed E-state index contributed by atoms with van der Waals surface area (Å²) in [6.07, 6.45) is 4.55. The van der Waals surface area contributed by atoms with Crippen molar-refractivity contribution >= 4 is 11.7 Å². The van der Waals surface area contributed by atoms with E-state index in [4.69, 9.17) is 4.98 Å². The van der Waals surface area contributed by atoms with Gasteiger partial charge in [0.15, 0.2) is 5.78 Å². The highest BCUT2D eigenvalue weighted by Crippen LogP contribution is 2.27. The summed E-state index contributed by atoms with van der Waals surface area (Å²) in [5.41, 5.74) is 1.69. The van der Waals surface area contributed by atoms with Crippen LogP contribution in [0, 0.1) is 17.8 Å². The Bertz CT molecular complexity index is 518. The van der Waals surface area contributed by atoms with Gasteiger partial charge in [-0.15, -0.1) is 0 Å². The number of ketones is 1. The van der Waals surface area contributed by atoms with E-state index in [-0.39, 0.29) is 5.78 Å². The average molecular weight is 273 g/mol. The normalized spacial score (nSPS) is 30.2. The molecular weight excluding hydrogens is 250 g/mol. The molecule has 108 valence electrons. The highest BCUT2D eigenvalue weighted by atomic mass is 16.1. The fourth-order valence-corrected chi connectivity index (χ4v) is 3.60. The maximum absolute atomic E-state index is 12.0. The summed E-state index contributed by atoms with van der Waals surface area (Å²) in [5.74, 6) is 2.77. The Balaban J connectivity index is 1.88. The topological polar surface area (TPSA) is 46.1 Å². The standard InChI is InChI=1S/C16H23N3O/c1-10-5-14-13(15(20)6-10)7-17-16(18-14)19-8-11(2)4-12(3)9-19/h7,10-12H,4-6,8-9H2,1-3H3/t10-,11-,12-/m0/s1. The van der Waals surface area contributed by atoms with Crippen LogP contribution < -0.4 is 4.90 Å². The highest BCUT2D eigenvalue weighted by Gasteiger charge is 2.27. The average Bonchev–Trinajstić information content (AvgIpc) is 2.36. The Kier molecular flexibility index (Phi) is 3.48. The van der Waals surface area contributed by atoms with Crippen LogP contribution in [0.15, 0.2) is 6.20 Å². The SMILES string of the molecule is C[C@@H]1CC(=O)c2cnc(N3C[C@@H](C)C[C@H](C)C3)nc2C1. The number of carbonyl (C=O) groups excluding carboxylic acids is 1. The molecule has 0 unspecified atom stereocenters. The number of anilines is 1. The van der Waals surface area contributed by atoms with E-state index in [1.54, 1.807) is 6.20 Å². The van der Waals surface area contributed by atoms with Gasteiger partial charge in [-0.25, -0.2) is 9.97 Å². The Morgan fingerprint density at radius 1 is 1.10 bits per heavy atom. The lowest BCUT2D eigenvalue weighted by Crippen LogP contribution is -2.40. The molecule has 1 aromatic heterocycles. The molecule has 3 rings (SSSR count). The lowest BCUT2D eigenvalue weighted by molar-refractivity contribution is 0.0951. The smallest absolute Gasteiger partial charge is 0.225 e. The number of rotatable bonds is 1.